The maximum atomic E-state index is 3.42. The number of allylic oxidation sites excluding steroid dienone is 2. The SMILES string of the molecule is C/C=C/C(C)c1ccc(Br)cc1. The second-order valence-corrected chi connectivity index (χ2v) is 3.78. The van der Waals surface area contributed by atoms with E-state index in [0.29, 0.717) is 5.92 Å². The first-order valence-corrected chi connectivity index (χ1v) is 4.91. The molecular weight excluding hydrogens is 212 g/mol. The standard InChI is InChI=1S/C11H13Br/c1-3-4-9(2)10-5-7-11(12)8-6-10/h3-9H,1-2H3/b4-3+. The van der Waals surface area contributed by atoms with E-state index >= 15 is 0 Å². The number of hydrogen-bond donors (Lipinski definition) is 0. The van der Waals surface area contributed by atoms with Crippen LogP contribution in [0.5, 0.6) is 0 Å². The zero-order valence-corrected chi connectivity index (χ0v) is 9.01. The summed E-state index contributed by atoms with van der Waals surface area (Å²) in [7, 11) is 0. The normalized spacial score (nSPS) is 13.6. The third-order valence-electron chi connectivity index (χ3n) is 1.88. The summed E-state index contributed by atoms with van der Waals surface area (Å²) in [4.78, 5) is 0. The first-order chi connectivity index (χ1) is 5.74. The molecule has 1 unspecified atom stereocenters. The van der Waals surface area contributed by atoms with Crippen molar-refractivity contribution in [3.8, 4) is 0 Å². The molecule has 0 N–H and O–H groups in total. The summed E-state index contributed by atoms with van der Waals surface area (Å²) in [5, 5.41) is 0. The quantitative estimate of drug-likeness (QED) is 0.664. The van der Waals surface area contributed by atoms with Gasteiger partial charge in [0.25, 0.3) is 0 Å². The summed E-state index contributed by atoms with van der Waals surface area (Å²) < 4.78 is 1.14. The highest BCUT2D eigenvalue weighted by molar-refractivity contribution is 9.10. The van der Waals surface area contributed by atoms with Crippen molar-refractivity contribution < 1.29 is 0 Å². The average molecular weight is 225 g/mol. The first-order valence-electron chi connectivity index (χ1n) is 4.12. The van der Waals surface area contributed by atoms with Crippen molar-refractivity contribution in [1.29, 1.82) is 0 Å². The average Bonchev–Trinajstić information content (AvgIpc) is 2.06. The molecule has 64 valence electrons. The topological polar surface area (TPSA) is 0 Å². The highest BCUT2D eigenvalue weighted by atomic mass is 79.9. The van der Waals surface area contributed by atoms with Crippen LogP contribution < -0.4 is 0 Å². The van der Waals surface area contributed by atoms with Crippen LogP contribution >= 0.6 is 15.9 Å². The van der Waals surface area contributed by atoms with Gasteiger partial charge in [0.2, 0.25) is 0 Å². The van der Waals surface area contributed by atoms with Crippen LogP contribution in [0.2, 0.25) is 0 Å². The molecule has 0 fully saturated rings. The van der Waals surface area contributed by atoms with E-state index in [4.69, 9.17) is 0 Å². The summed E-state index contributed by atoms with van der Waals surface area (Å²) in [5.41, 5.74) is 1.36. The predicted octanol–water partition coefficient (Wildman–Crippen LogP) is 4.13. The summed E-state index contributed by atoms with van der Waals surface area (Å²) >= 11 is 3.42. The molecule has 12 heavy (non-hydrogen) atoms. The van der Waals surface area contributed by atoms with Gasteiger partial charge in [0.15, 0.2) is 0 Å². The number of halogens is 1. The Morgan fingerprint density at radius 2 is 1.83 bits per heavy atom. The summed E-state index contributed by atoms with van der Waals surface area (Å²) in [6, 6.07) is 8.45. The lowest BCUT2D eigenvalue weighted by atomic mass is 10.0. The molecular formula is C11H13Br. The maximum Gasteiger partial charge on any atom is 0.0175 e. The molecule has 0 aliphatic carbocycles. The molecule has 0 heterocycles. The summed E-state index contributed by atoms with van der Waals surface area (Å²) in [6.07, 6.45) is 4.29. The number of benzene rings is 1. The van der Waals surface area contributed by atoms with Crippen molar-refractivity contribution in [2.75, 3.05) is 0 Å². The van der Waals surface area contributed by atoms with E-state index in [1.807, 2.05) is 0 Å². The van der Waals surface area contributed by atoms with Crippen molar-refractivity contribution in [2.45, 2.75) is 19.8 Å². The lowest BCUT2D eigenvalue weighted by Crippen LogP contribution is -1.87. The highest BCUT2D eigenvalue weighted by Crippen LogP contribution is 2.19. The van der Waals surface area contributed by atoms with Gasteiger partial charge in [-0.3, -0.25) is 0 Å². The van der Waals surface area contributed by atoms with Crippen molar-refractivity contribution in [3.05, 3.63) is 46.5 Å². The van der Waals surface area contributed by atoms with Gasteiger partial charge < -0.3 is 0 Å². The molecule has 1 atom stereocenters. The molecule has 1 aromatic carbocycles. The van der Waals surface area contributed by atoms with Crippen molar-refractivity contribution >= 4 is 15.9 Å². The van der Waals surface area contributed by atoms with Gasteiger partial charge in [-0.25, -0.2) is 0 Å². The van der Waals surface area contributed by atoms with Crippen LogP contribution in [-0.4, -0.2) is 0 Å². The van der Waals surface area contributed by atoms with Crippen LogP contribution in [0.3, 0.4) is 0 Å². The van der Waals surface area contributed by atoms with Crippen LogP contribution in [0.1, 0.15) is 25.3 Å². The van der Waals surface area contributed by atoms with Gasteiger partial charge in [-0.2, -0.15) is 0 Å². The van der Waals surface area contributed by atoms with E-state index in [0.717, 1.165) is 4.47 Å². The largest absolute Gasteiger partial charge is 0.0911 e. The minimum absolute atomic E-state index is 0.517. The Hall–Kier alpha value is -0.560. The van der Waals surface area contributed by atoms with E-state index in [2.05, 4.69) is 66.2 Å². The molecule has 0 aromatic heterocycles. The zero-order chi connectivity index (χ0) is 8.97. The minimum Gasteiger partial charge on any atom is -0.0911 e. The van der Waals surface area contributed by atoms with Gasteiger partial charge >= 0.3 is 0 Å². The fourth-order valence-electron chi connectivity index (χ4n) is 1.17. The Bertz CT molecular complexity index is 259. The lowest BCUT2D eigenvalue weighted by molar-refractivity contribution is 0.964. The fourth-order valence-corrected chi connectivity index (χ4v) is 1.43. The molecule has 0 saturated heterocycles. The van der Waals surface area contributed by atoms with Gasteiger partial charge in [0, 0.05) is 4.47 Å². The third-order valence-corrected chi connectivity index (χ3v) is 2.41. The Morgan fingerprint density at radius 1 is 1.25 bits per heavy atom. The predicted molar refractivity (Wildman–Crippen MR) is 57.4 cm³/mol. The second kappa shape index (κ2) is 4.46. The molecule has 0 spiro atoms. The monoisotopic (exact) mass is 224 g/mol. The van der Waals surface area contributed by atoms with E-state index in [9.17, 15) is 0 Å². The maximum absolute atomic E-state index is 3.42. The molecule has 1 heteroatoms. The molecule has 0 nitrogen and oxygen atoms in total. The third kappa shape index (κ3) is 2.49. The van der Waals surface area contributed by atoms with Crippen LogP contribution in [0.4, 0.5) is 0 Å². The molecule has 1 rings (SSSR count). The van der Waals surface area contributed by atoms with Gasteiger partial charge in [-0.05, 0) is 30.5 Å². The highest BCUT2D eigenvalue weighted by Gasteiger charge is 1.98. The van der Waals surface area contributed by atoms with Crippen molar-refractivity contribution in [2.24, 2.45) is 0 Å². The fraction of sp³-hybridized carbons (Fsp3) is 0.273. The number of rotatable bonds is 2. The summed E-state index contributed by atoms with van der Waals surface area (Å²) in [5.74, 6) is 0.517. The van der Waals surface area contributed by atoms with Gasteiger partial charge in [-0.15, -0.1) is 0 Å². The molecule has 1 aromatic rings. The van der Waals surface area contributed by atoms with Crippen LogP contribution in [0.25, 0.3) is 0 Å². The zero-order valence-electron chi connectivity index (χ0n) is 7.42. The second-order valence-electron chi connectivity index (χ2n) is 2.87. The smallest absolute Gasteiger partial charge is 0.0175 e. The van der Waals surface area contributed by atoms with E-state index < -0.39 is 0 Å². The van der Waals surface area contributed by atoms with E-state index in [1.165, 1.54) is 5.56 Å². The Labute approximate surface area is 82.4 Å². The molecule has 0 aliphatic heterocycles. The van der Waals surface area contributed by atoms with Crippen LogP contribution in [0, 0.1) is 0 Å². The molecule has 0 saturated carbocycles. The minimum atomic E-state index is 0.517. The Morgan fingerprint density at radius 3 is 2.33 bits per heavy atom. The Balaban J connectivity index is 2.82. The summed E-state index contributed by atoms with van der Waals surface area (Å²) in [6.45, 7) is 4.25. The van der Waals surface area contributed by atoms with E-state index in [1.54, 1.807) is 0 Å². The van der Waals surface area contributed by atoms with Crippen molar-refractivity contribution in [1.82, 2.24) is 0 Å². The lowest BCUT2D eigenvalue weighted by Gasteiger charge is -2.05. The van der Waals surface area contributed by atoms with Crippen LogP contribution in [-0.2, 0) is 0 Å². The first kappa shape index (κ1) is 9.53. The molecule has 0 radical (unpaired) electrons. The number of hydrogen-bond acceptors (Lipinski definition) is 0. The molecule has 0 bridgehead atoms. The molecule has 0 amide bonds. The van der Waals surface area contributed by atoms with E-state index in [-0.39, 0.29) is 0 Å². The Kier molecular flexibility index (Phi) is 3.54. The van der Waals surface area contributed by atoms with Gasteiger partial charge in [0.1, 0.15) is 0 Å². The van der Waals surface area contributed by atoms with Gasteiger partial charge in [0.05, 0.1) is 0 Å². The molecule has 0 aliphatic rings. The van der Waals surface area contributed by atoms with Crippen molar-refractivity contribution in [3.63, 3.8) is 0 Å². The van der Waals surface area contributed by atoms with Gasteiger partial charge in [-0.1, -0.05) is 47.1 Å². The van der Waals surface area contributed by atoms with Crippen LogP contribution in [0.15, 0.2) is 40.9 Å².